The van der Waals surface area contributed by atoms with Crippen molar-refractivity contribution in [3.8, 4) is 0 Å². The van der Waals surface area contributed by atoms with Gasteiger partial charge in [0.15, 0.2) is 5.82 Å². The molecule has 0 bridgehead atoms. The summed E-state index contributed by atoms with van der Waals surface area (Å²) in [5, 5.41) is 0. The van der Waals surface area contributed by atoms with Crippen molar-refractivity contribution >= 4 is 5.82 Å². The van der Waals surface area contributed by atoms with Gasteiger partial charge in [-0.05, 0) is 26.7 Å². The predicted octanol–water partition coefficient (Wildman–Crippen LogP) is 1.61. The van der Waals surface area contributed by atoms with Gasteiger partial charge >= 0.3 is 0 Å². The largest absolute Gasteiger partial charge is 0.383 e. The second-order valence-electron chi connectivity index (χ2n) is 3.81. The Morgan fingerprint density at radius 3 is 2.86 bits per heavy atom. The number of anilines is 1. The summed E-state index contributed by atoms with van der Waals surface area (Å²) >= 11 is 0. The summed E-state index contributed by atoms with van der Waals surface area (Å²) in [5.41, 5.74) is 6.63. The van der Waals surface area contributed by atoms with Crippen molar-refractivity contribution in [3.63, 3.8) is 0 Å². The maximum absolute atomic E-state index is 5.72. The lowest BCUT2D eigenvalue weighted by molar-refractivity contribution is 0.0503. The summed E-state index contributed by atoms with van der Waals surface area (Å²) in [6, 6.07) is 0. The van der Waals surface area contributed by atoms with Gasteiger partial charge in [0, 0.05) is 11.8 Å². The zero-order chi connectivity index (χ0) is 10.1. The van der Waals surface area contributed by atoms with Crippen molar-refractivity contribution in [2.45, 2.75) is 38.9 Å². The average Bonchev–Trinajstić information content (AvgIpc) is 2.57. The molecule has 2 rings (SSSR count). The number of ether oxygens (including phenoxy) is 1. The first-order valence-corrected chi connectivity index (χ1v) is 4.91. The number of nitrogens with two attached hydrogens (primary N) is 1. The fraction of sp³-hybridized carbons (Fsp3) is 0.600. The van der Waals surface area contributed by atoms with E-state index in [9.17, 15) is 0 Å². The lowest BCUT2D eigenvalue weighted by Gasteiger charge is -2.10. The highest BCUT2D eigenvalue weighted by Crippen LogP contribution is 2.30. The lowest BCUT2D eigenvalue weighted by Crippen LogP contribution is -2.07. The van der Waals surface area contributed by atoms with Crippen molar-refractivity contribution in [3.05, 3.63) is 17.6 Å². The van der Waals surface area contributed by atoms with E-state index in [-0.39, 0.29) is 6.10 Å². The van der Waals surface area contributed by atoms with Gasteiger partial charge in [0.25, 0.3) is 0 Å². The number of nitrogen functional groups attached to an aromatic ring is 1. The van der Waals surface area contributed by atoms with Crippen molar-refractivity contribution in [2.24, 2.45) is 0 Å². The molecule has 0 radical (unpaired) electrons. The van der Waals surface area contributed by atoms with Crippen LogP contribution in [0.5, 0.6) is 0 Å². The van der Waals surface area contributed by atoms with Gasteiger partial charge < -0.3 is 10.5 Å². The zero-order valence-corrected chi connectivity index (χ0v) is 8.53. The molecule has 1 saturated heterocycles. The van der Waals surface area contributed by atoms with E-state index in [4.69, 9.17) is 10.5 Å². The topological polar surface area (TPSA) is 61.0 Å². The minimum atomic E-state index is 0.0351. The molecule has 4 nitrogen and oxygen atoms in total. The minimum absolute atomic E-state index is 0.0351. The van der Waals surface area contributed by atoms with E-state index < -0.39 is 0 Å². The highest BCUT2D eigenvalue weighted by atomic mass is 16.5. The standard InChI is InChI=1S/C10H15N3O/c1-6-5-12-10(13-9(6)11)8-4-3-7(2)14-8/h5,7-8H,3-4H2,1-2H3,(H2,11,12,13). The smallest absolute Gasteiger partial charge is 0.159 e. The number of hydrogen-bond acceptors (Lipinski definition) is 4. The number of rotatable bonds is 1. The molecule has 0 aliphatic carbocycles. The van der Waals surface area contributed by atoms with E-state index in [0.29, 0.717) is 11.9 Å². The van der Waals surface area contributed by atoms with Crippen molar-refractivity contribution in [1.82, 2.24) is 9.97 Å². The van der Waals surface area contributed by atoms with Gasteiger partial charge in [-0.1, -0.05) is 0 Å². The molecule has 0 amide bonds. The summed E-state index contributed by atoms with van der Waals surface area (Å²) in [5.74, 6) is 1.27. The number of hydrogen-bond donors (Lipinski definition) is 1. The highest BCUT2D eigenvalue weighted by Gasteiger charge is 2.25. The first kappa shape index (κ1) is 9.40. The van der Waals surface area contributed by atoms with Crippen LogP contribution in [0.25, 0.3) is 0 Å². The molecule has 2 heterocycles. The summed E-state index contributed by atoms with van der Waals surface area (Å²) in [6.07, 6.45) is 4.16. The molecular weight excluding hydrogens is 178 g/mol. The molecule has 1 aliphatic heterocycles. The van der Waals surface area contributed by atoms with Crippen LogP contribution in [0.1, 0.15) is 37.3 Å². The van der Waals surface area contributed by atoms with Crippen LogP contribution < -0.4 is 5.73 Å². The van der Waals surface area contributed by atoms with E-state index in [1.807, 2.05) is 6.92 Å². The Morgan fingerprint density at radius 2 is 2.29 bits per heavy atom. The average molecular weight is 193 g/mol. The molecular formula is C10H15N3O. The van der Waals surface area contributed by atoms with E-state index in [2.05, 4.69) is 16.9 Å². The van der Waals surface area contributed by atoms with Crippen molar-refractivity contribution < 1.29 is 4.74 Å². The lowest BCUT2D eigenvalue weighted by atomic mass is 10.2. The molecule has 2 N–H and O–H groups in total. The second-order valence-corrected chi connectivity index (χ2v) is 3.81. The van der Waals surface area contributed by atoms with Crippen LogP contribution in [0, 0.1) is 6.92 Å². The van der Waals surface area contributed by atoms with Crippen molar-refractivity contribution in [1.29, 1.82) is 0 Å². The third-order valence-corrected chi connectivity index (χ3v) is 2.55. The van der Waals surface area contributed by atoms with E-state index in [1.54, 1.807) is 6.20 Å². The molecule has 2 unspecified atom stereocenters. The van der Waals surface area contributed by atoms with Gasteiger partial charge in [-0.3, -0.25) is 0 Å². The van der Waals surface area contributed by atoms with Gasteiger partial charge in [-0.25, -0.2) is 9.97 Å². The predicted molar refractivity (Wildman–Crippen MR) is 53.7 cm³/mol. The molecule has 14 heavy (non-hydrogen) atoms. The van der Waals surface area contributed by atoms with Crippen LogP contribution in [0.4, 0.5) is 5.82 Å². The molecule has 0 spiro atoms. The van der Waals surface area contributed by atoms with E-state index in [0.717, 1.165) is 24.2 Å². The van der Waals surface area contributed by atoms with E-state index in [1.165, 1.54) is 0 Å². The number of aryl methyl sites for hydroxylation is 1. The maximum atomic E-state index is 5.72. The Hall–Kier alpha value is -1.16. The fourth-order valence-electron chi connectivity index (χ4n) is 1.62. The van der Waals surface area contributed by atoms with Gasteiger partial charge in [0.05, 0.1) is 6.10 Å². The fourth-order valence-corrected chi connectivity index (χ4v) is 1.62. The Kier molecular flexibility index (Phi) is 2.37. The Labute approximate surface area is 83.5 Å². The molecule has 76 valence electrons. The van der Waals surface area contributed by atoms with Crippen LogP contribution >= 0.6 is 0 Å². The highest BCUT2D eigenvalue weighted by molar-refractivity contribution is 5.36. The van der Waals surface area contributed by atoms with Crippen LogP contribution in [0.15, 0.2) is 6.20 Å². The molecule has 4 heteroatoms. The molecule has 1 aromatic heterocycles. The van der Waals surface area contributed by atoms with Gasteiger partial charge in [-0.15, -0.1) is 0 Å². The first-order valence-electron chi connectivity index (χ1n) is 4.91. The van der Waals surface area contributed by atoms with Gasteiger partial charge in [-0.2, -0.15) is 0 Å². The van der Waals surface area contributed by atoms with E-state index >= 15 is 0 Å². The first-order chi connectivity index (χ1) is 6.66. The molecule has 1 fully saturated rings. The maximum Gasteiger partial charge on any atom is 0.159 e. The van der Waals surface area contributed by atoms with Crippen LogP contribution in [-0.4, -0.2) is 16.1 Å². The summed E-state index contributed by atoms with van der Waals surface area (Å²) < 4.78 is 5.66. The van der Waals surface area contributed by atoms with Crippen LogP contribution in [0.2, 0.25) is 0 Å². The minimum Gasteiger partial charge on any atom is -0.383 e. The number of nitrogens with zero attached hydrogens (tertiary/aromatic N) is 2. The summed E-state index contributed by atoms with van der Waals surface area (Å²) in [6.45, 7) is 3.97. The SMILES string of the molecule is Cc1cnc(C2CCC(C)O2)nc1N. The molecule has 0 aromatic carbocycles. The van der Waals surface area contributed by atoms with Crippen LogP contribution in [0.3, 0.4) is 0 Å². The molecule has 2 atom stereocenters. The summed E-state index contributed by atoms with van der Waals surface area (Å²) in [4.78, 5) is 8.47. The summed E-state index contributed by atoms with van der Waals surface area (Å²) in [7, 11) is 0. The Bertz CT molecular complexity index is 340. The quantitative estimate of drug-likeness (QED) is 0.736. The Balaban J connectivity index is 2.20. The second kappa shape index (κ2) is 3.53. The van der Waals surface area contributed by atoms with Crippen molar-refractivity contribution in [2.75, 3.05) is 5.73 Å². The normalized spacial score (nSPS) is 26.7. The third kappa shape index (κ3) is 1.70. The molecule has 1 aromatic rings. The van der Waals surface area contributed by atoms with Gasteiger partial charge in [0.2, 0.25) is 0 Å². The van der Waals surface area contributed by atoms with Gasteiger partial charge in [0.1, 0.15) is 11.9 Å². The number of aromatic nitrogens is 2. The zero-order valence-electron chi connectivity index (χ0n) is 8.53. The third-order valence-electron chi connectivity index (χ3n) is 2.55. The molecule has 0 saturated carbocycles. The Morgan fingerprint density at radius 1 is 1.50 bits per heavy atom. The van der Waals surface area contributed by atoms with Crippen LogP contribution in [-0.2, 0) is 4.74 Å². The molecule has 1 aliphatic rings. The monoisotopic (exact) mass is 193 g/mol.